The number of benzene rings is 1. The van der Waals surface area contributed by atoms with E-state index >= 15 is 0 Å². The Morgan fingerprint density at radius 2 is 1.96 bits per heavy atom. The summed E-state index contributed by atoms with van der Waals surface area (Å²) in [5, 5.41) is 9.05. The Bertz CT molecular complexity index is 762. The van der Waals surface area contributed by atoms with Crippen molar-refractivity contribution in [2.24, 2.45) is 5.92 Å². The van der Waals surface area contributed by atoms with Crippen LogP contribution in [0.5, 0.6) is 0 Å². The largest absolute Gasteiger partial charge is 0.478 e. The maximum Gasteiger partial charge on any atom is 0.337 e. The van der Waals surface area contributed by atoms with Crippen molar-refractivity contribution in [3.05, 3.63) is 59.5 Å². The summed E-state index contributed by atoms with van der Waals surface area (Å²) >= 11 is 0. The van der Waals surface area contributed by atoms with Crippen molar-refractivity contribution < 1.29 is 14.3 Å². The molecular weight excluding hydrogens is 345 g/mol. The van der Waals surface area contributed by atoms with Gasteiger partial charge in [0.25, 0.3) is 0 Å². The number of aromatic nitrogens is 1. The predicted molar refractivity (Wildman–Crippen MR) is 103 cm³/mol. The van der Waals surface area contributed by atoms with Crippen molar-refractivity contribution in [1.29, 1.82) is 0 Å². The summed E-state index contributed by atoms with van der Waals surface area (Å²) in [6, 6.07) is 10.4. The van der Waals surface area contributed by atoms with Gasteiger partial charge in [-0.25, -0.2) is 14.2 Å². The first-order chi connectivity index (χ1) is 12.9. The number of pyridine rings is 1. The van der Waals surface area contributed by atoms with Crippen molar-refractivity contribution in [3.8, 4) is 0 Å². The number of hydrogen-bond donors (Lipinski definition) is 1. The first-order valence-corrected chi connectivity index (χ1v) is 9.37. The van der Waals surface area contributed by atoms with Crippen LogP contribution in [0.1, 0.15) is 36.2 Å². The number of nitrogens with zero attached hydrogens (tertiary/aromatic N) is 3. The number of carbonyl (C=O) groups is 1. The van der Waals surface area contributed by atoms with Gasteiger partial charge >= 0.3 is 5.97 Å². The van der Waals surface area contributed by atoms with E-state index in [4.69, 9.17) is 5.11 Å². The van der Waals surface area contributed by atoms with E-state index in [1.807, 2.05) is 12.1 Å². The Kier molecular flexibility index (Phi) is 6.06. The fourth-order valence-electron chi connectivity index (χ4n) is 3.62. The van der Waals surface area contributed by atoms with Crippen LogP contribution >= 0.6 is 0 Å². The van der Waals surface area contributed by atoms with Gasteiger partial charge in [0.05, 0.1) is 5.56 Å². The molecule has 0 radical (unpaired) electrons. The lowest BCUT2D eigenvalue weighted by Gasteiger charge is -2.35. The molecule has 5 nitrogen and oxygen atoms in total. The summed E-state index contributed by atoms with van der Waals surface area (Å²) in [5.74, 6) is 0.0890. The van der Waals surface area contributed by atoms with Crippen LogP contribution < -0.4 is 4.90 Å². The van der Waals surface area contributed by atoms with E-state index in [-0.39, 0.29) is 11.4 Å². The molecule has 0 bridgehead atoms. The first kappa shape index (κ1) is 19.3. The van der Waals surface area contributed by atoms with Crippen LogP contribution in [0.4, 0.5) is 10.2 Å². The highest BCUT2D eigenvalue weighted by Crippen LogP contribution is 2.23. The van der Waals surface area contributed by atoms with Crippen molar-refractivity contribution in [1.82, 2.24) is 9.88 Å². The van der Waals surface area contributed by atoms with E-state index in [9.17, 15) is 9.18 Å². The van der Waals surface area contributed by atoms with E-state index in [0.29, 0.717) is 12.0 Å². The maximum absolute atomic E-state index is 13.2. The van der Waals surface area contributed by atoms with Gasteiger partial charge in [0.1, 0.15) is 11.6 Å². The molecule has 3 rings (SSSR count). The average Bonchev–Trinajstić information content (AvgIpc) is 2.86. The van der Waals surface area contributed by atoms with Crippen LogP contribution in [0.2, 0.25) is 0 Å². The van der Waals surface area contributed by atoms with E-state index in [1.54, 1.807) is 12.1 Å². The summed E-state index contributed by atoms with van der Waals surface area (Å²) < 4.78 is 13.2. The number of carboxylic acid groups (broad SMARTS) is 1. The quantitative estimate of drug-likeness (QED) is 0.869. The Labute approximate surface area is 159 Å². The minimum atomic E-state index is -0.963. The fraction of sp³-hybridized carbons (Fsp3) is 0.429. The van der Waals surface area contributed by atoms with Gasteiger partial charge in [0.15, 0.2) is 0 Å². The summed E-state index contributed by atoms with van der Waals surface area (Å²) in [4.78, 5) is 20.1. The maximum atomic E-state index is 13.2. The average molecular weight is 371 g/mol. The highest BCUT2D eigenvalue weighted by Gasteiger charge is 2.28. The molecule has 1 aliphatic heterocycles. The molecule has 1 aliphatic rings. The molecule has 1 aromatic carbocycles. The fourth-order valence-corrected chi connectivity index (χ4v) is 3.62. The number of hydrogen-bond acceptors (Lipinski definition) is 4. The molecule has 1 N–H and O–H groups in total. The zero-order valence-corrected chi connectivity index (χ0v) is 15.8. The summed E-state index contributed by atoms with van der Waals surface area (Å²) in [6.07, 6.45) is 2.41. The van der Waals surface area contributed by atoms with E-state index < -0.39 is 5.97 Å². The van der Waals surface area contributed by atoms with Crippen molar-refractivity contribution in [2.75, 3.05) is 24.5 Å². The van der Waals surface area contributed by atoms with Gasteiger partial charge in [0.2, 0.25) is 0 Å². The number of rotatable bonds is 5. The van der Waals surface area contributed by atoms with Gasteiger partial charge in [-0.2, -0.15) is 0 Å². The van der Waals surface area contributed by atoms with E-state index in [2.05, 4.69) is 28.6 Å². The molecule has 2 aromatic rings. The van der Waals surface area contributed by atoms with Crippen LogP contribution in [0.15, 0.2) is 42.6 Å². The minimum absolute atomic E-state index is 0.201. The van der Waals surface area contributed by atoms with Crippen LogP contribution in [0.3, 0.4) is 0 Å². The van der Waals surface area contributed by atoms with Crippen molar-refractivity contribution in [3.63, 3.8) is 0 Å². The highest BCUT2D eigenvalue weighted by molar-refractivity contribution is 5.87. The molecule has 1 unspecified atom stereocenters. The van der Waals surface area contributed by atoms with Crippen molar-refractivity contribution in [2.45, 2.75) is 32.9 Å². The summed E-state index contributed by atoms with van der Waals surface area (Å²) in [5.41, 5.74) is 1.31. The molecule has 0 amide bonds. The monoisotopic (exact) mass is 371 g/mol. The number of carboxylic acids is 1. The number of aromatic carboxylic acids is 1. The van der Waals surface area contributed by atoms with Crippen LogP contribution in [-0.2, 0) is 6.54 Å². The van der Waals surface area contributed by atoms with Gasteiger partial charge in [-0.3, -0.25) is 4.90 Å². The Hall–Kier alpha value is -2.47. The lowest BCUT2D eigenvalue weighted by molar-refractivity contribution is 0.0696. The van der Waals surface area contributed by atoms with Gasteiger partial charge in [-0.05, 0) is 42.2 Å². The smallest absolute Gasteiger partial charge is 0.337 e. The predicted octanol–water partition coefficient (Wildman–Crippen LogP) is 3.66. The van der Waals surface area contributed by atoms with Gasteiger partial charge in [-0.15, -0.1) is 0 Å². The third kappa shape index (κ3) is 4.83. The molecule has 1 atom stereocenters. The number of halogens is 1. The van der Waals surface area contributed by atoms with Gasteiger partial charge in [0, 0.05) is 38.4 Å². The molecule has 0 spiro atoms. The third-order valence-corrected chi connectivity index (χ3v) is 5.14. The second-order valence-corrected chi connectivity index (χ2v) is 7.42. The number of anilines is 1. The third-order valence-electron chi connectivity index (χ3n) is 5.14. The second kappa shape index (κ2) is 8.48. The zero-order valence-electron chi connectivity index (χ0n) is 15.8. The standard InChI is InChI=1S/C21H26FN3O2/c1-15(2)19-14-25(20-9-6-17(12-23-20)21(26)27)11-3-10-24(19)13-16-4-7-18(22)8-5-16/h4-9,12,15,19H,3,10-11,13-14H2,1-2H3,(H,26,27). The molecule has 1 aromatic heterocycles. The minimum Gasteiger partial charge on any atom is -0.478 e. The molecule has 6 heteroatoms. The molecule has 1 fully saturated rings. The molecule has 2 heterocycles. The highest BCUT2D eigenvalue weighted by atomic mass is 19.1. The summed E-state index contributed by atoms with van der Waals surface area (Å²) in [6.45, 7) is 7.90. The first-order valence-electron chi connectivity index (χ1n) is 9.37. The van der Waals surface area contributed by atoms with Crippen LogP contribution in [0.25, 0.3) is 0 Å². The molecule has 0 saturated carbocycles. The lowest BCUT2D eigenvalue weighted by atomic mass is 10.0. The topological polar surface area (TPSA) is 56.7 Å². The van der Waals surface area contributed by atoms with Crippen molar-refractivity contribution >= 4 is 11.8 Å². The molecule has 0 aliphatic carbocycles. The van der Waals surface area contributed by atoms with Crippen LogP contribution in [-0.4, -0.2) is 46.6 Å². The molecular formula is C21H26FN3O2. The molecule has 1 saturated heterocycles. The lowest BCUT2D eigenvalue weighted by Crippen LogP contribution is -2.44. The van der Waals surface area contributed by atoms with E-state index in [0.717, 1.165) is 44.0 Å². The Morgan fingerprint density at radius 1 is 1.22 bits per heavy atom. The SMILES string of the molecule is CC(C)C1CN(c2ccc(C(=O)O)cn2)CCCN1Cc1ccc(F)cc1. The molecule has 144 valence electrons. The second-order valence-electron chi connectivity index (χ2n) is 7.42. The zero-order chi connectivity index (χ0) is 19.4. The van der Waals surface area contributed by atoms with E-state index in [1.165, 1.54) is 18.3 Å². The summed E-state index contributed by atoms with van der Waals surface area (Å²) in [7, 11) is 0. The Morgan fingerprint density at radius 3 is 2.56 bits per heavy atom. The van der Waals surface area contributed by atoms with Gasteiger partial charge in [-0.1, -0.05) is 26.0 Å². The Balaban J connectivity index is 1.76. The molecule has 27 heavy (non-hydrogen) atoms. The van der Waals surface area contributed by atoms with Gasteiger partial charge < -0.3 is 10.0 Å². The normalized spacial score (nSPS) is 18.5. The van der Waals surface area contributed by atoms with Crippen LogP contribution in [0, 0.1) is 11.7 Å².